The van der Waals surface area contributed by atoms with Crippen LogP contribution >= 0.6 is 38.9 Å². The van der Waals surface area contributed by atoms with Gasteiger partial charge in [0.15, 0.2) is 11.6 Å². The molecule has 1 atom stereocenters. The Hall–Kier alpha value is -1.65. The van der Waals surface area contributed by atoms with Crippen molar-refractivity contribution in [2.75, 3.05) is 13.2 Å². The van der Waals surface area contributed by atoms with E-state index >= 15 is 0 Å². The summed E-state index contributed by atoms with van der Waals surface area (Å²) in [5.74, 6) is -1.14. The van der Waals surface area contributed by atoms with Crippen LogP contribution in [-0.4, -0.2) is 34.6 Å². The van der Waals surface area contributed by atoms with E-state index in [1.54, 1.807) is 6.07 Å². The normalized spacial score (nSPS) is 12.2. The van der Waals surface area contributed by atoms with E-state index in [0.717, 1.165) is 11.3 Å². The Morgan fingerprint density at radius 2 is 1.93 bits per heavy atom. The summed E-state index contributed by atoms with van der Waals surface area (Å²) in [5, 5.41) is 18.0. The number of halogens is 4. The third-order valence-corrected chi connectivity index (χ3v) is 5.25. The number of hydrogen-bond acceptors (Lipinski definition) is 6. The van der Waals surface area contributed by atoms with Gasteiger partial charge >= 0.3 is 0 Å². The molecule has 2 aromatic carbocycles. The molecule has 0 bridgehead atoms. The van der Waals surface area contributed by atoms with Crippen molar-refractivity contribution >= 4 is 38.9 Å². The quantitative estimate of drug-likeness (QED) is 0.555. The Kier molecular flexibility index (Phi) is 6.38. The Bertz CT molecular complexity index is 953. The third-order valence-electron chi connectivity index (χ3n) is 3.47. The zero-order valence-corrected chi connectivity index (χ0v) is 16.8. The number of ether oxygens (including phenoxy) is 1. The molecule has 142 valence electrons. The molecule has 3 aromatic rings. The molecule has 3 rings (SSSR count). The molecule has 0 radical (unpaired) electrons. The van der Waals surface area contributed by atoms with E-state index in [9.17, 15) is 8.78 Å². The summed E-state index contributed by atoms with van der Waals surface area (Å²) in [7, 11) is 0. The van der Waals surface area contributed by atoms with Crippen molar-refractivity contribution in [3.8, 4) is 26.9 Å². The van der Waals surface area contributed by atoms with Crippen LogP contribution < -0.4 is 10.5 Å². The van der Waals surface area contributed by atoms with Gasteiger partial charge in [0.05, 0.1) is 17.7 Å². The monoisotopic (exact) mass is 475 g/mol. The van der Waals surface area contributed by atoms with Crippen LogP contribution in [0, 0.1) is 11.6 Å². The highest BCUT2D eigenvalue weighted by Gasteiger charge is 2.17. The van der Waals surface area contributed by atoms with Crippen LogP contribution in [0.5, 0.6) is 5.75 Å². The van der Waals surface area contributed by atoms with Crippen LogP contribution in [0.1, 0.15) is 0 Å². The number of nitrogens with zero attached hydrogens (tertiary/aromatic N) is 2. The zero-order chi connectivity index (χ0) is 19.6. The number of aliphatic hydroxyl groups is 1. The van der Waals surface area contributed by atoms with Crippen LogP contribution in [0.15, 0.2) is 34.8 Å². The lowest BCUT2D eigenvalue weighted by atomic mass is 10.2. The van der Waals surface area contributed by atoms with E-state index in [2.05, 4.69) is 26.1 Å². The van der Waals surface area contributed by atoms with Gasteiger partial charge in [0.1, 0.15) is 22.4 Å². The van der Waals surface area contributed by atoms with E-state index in [1.807, 2.05) is 0 Å². The molecule has 0 saturated carbocycles. The number of nitrogens with two attached hydrogens (primary N) is 1. The molecule has 0 saturated heterocycles. The minimum Gasteiger partial charge on any atom is -0.489 e. The topological polar surface area (TPSA) is 81.3 Å². The molecule has 0 aliphatic heterocycles. The van der Waals surface area contributed by atoms with Gasteiger partial charge in [0.2, 0.25) is 0 Å². The minimum absolute atomic E-state index is 0.0551. The third kappa shape index (κ3) is 4.80. The molecule has 0 spiro atoms. The maximum Gasteiger partial charge on any atom is 0.165 e. The van der Waals surface area contributed by atoms with Gasteiger partial charge in [-0.05, 0) is 24.3 Å². The number of rotatable bonds is 6. The molecule has 0 unspecified atom stereocenters. The smallest absolute Gasteiger partial charge is 0.165 e. The first-order chi connectivity index (χ1) is 12.9. The fraction of sp³-hybridized carbons (Fsp3) is 0.176. The second-order valence-corrected chi connectivity index (χ2v) is 7.89. The second kappa shape index (κ2) is 8.57. The number of benzene rings is 2. The Balaban J connectivity index is 1.89. The summed E-state index contributed by atoms with van der Waals surface area (Å²) >= 11 is 10.6. The fourth-order valence-electron chi connectivity index (χ4n) is 2.18. The minimum atomic E-state index is -0.648. The maximum absolute atomic E-state index is 14.3. The molecule has 27 heavy (non-hydrogen) atoms. The summed E-state index contributed by atoms with van der Waals surface area (Å²) < 4.78 is 33.7. The molecule has 0 aliphatic carbocycles. The Labute approximate surface area is 170 Å². The summed E-state index contributed by atoms with van der Waals surface area (Å²) in [4.78, 5) is 0. The fourth-order valence-corrected chi connectivity index (χ4v) is 3.80. The van der Waals surface area contributed by atoms with E-state index in [1.165, 1.54) is 24.3 Å². The Morgan fingerprint density at radius 3 is 2.63 bits per heavy atom. The first kappa shape index (κ1) is 20.1. The van der Waals surface area contributed by atoms with Crippen LogP contribution in [0.2, 0.25) is 5.02 Å². The summed E-state index contributed by atoms with van der Waals surface area (Å²) in [6, 6.07) is 6.25. The van der Waals surface area contributed by atoms with Crippen molar-refractivity contribution in [2.45, 2.75) is 6.04 Å². The zero-order valence-electron chi connectivity index (χ0n) is 13.6. The van der Waals surface area contributed by atoms with Crippen LogP contribution in [-0.2, 0) is 0 Å². The van der Waals surface area contributed by atoms with Gasteiger partial charge in [0.25, 0.3) is 0 Å². The number of aromatic nitrogens is 2. The average Bonchev–Trinajstić information content (AvgIpc) is 3.10. The first-order valence-corrected chi connectivity index (χ1v) is 9.64. The standard InChI is InChI=1S/C17H13BrClF2N3O2S/c18-9-1-8(2-10(20)3-9)16-23-24-17(27-16)12-4-14(21)15(5-13(12)19)26-7-11(22)6-25/h1-5,11,25H,6-7,22H2/t11-/m1/s1. The van der Waals surface area contributed by atoms with Crippen LogP contribution in [0.25, 0.3) is 21.1 Å². The van der Waals surface area contributed by atoms with Crippen molar-refractivity contribution in [1.29, 1.82) is 0 Å². The maximum atomic E-state index is 14.3. The SMILES string of the molecule is N[C@H](CO)COc1cc(Cl)c(-c2nnc(-c3cc(F)cc(Br)c3)s2)cc1F. The van der Waals surface area contributed by atoms with Gasteiger partial charge in [0, 0.05) is 21.7 Å². The van der Waals surface area contributed by atoms with Crippen molar-refractivity contribution in [3.05, 3.63) is 51.5 Å². The molecular weight excluding hydrogens is 464 g/mol. The lowest BCUT2D eigenvalue weighted by Crippen LogP contribution is -2.31. The summed E-state index contributed by atoms with van der Waals surface area (Å²) in [6.07, 6.45) is 0. The molecule has 5 nitrogen and oxygen atoms in total. The van der Waals surface area contributed by atoms with E-state index in [-0.39, 0.29) is 24.0 Å². The molecule has 0 amide bonds. The molecule has 10 heteroatoms. The highest BCUT2D eigenvalue weighted by molar-refractivity contribution is 9.10. The molecule has 1 heterocycles. The highest BCUT2D eigenvalue weighted by atomic mass is 79.9. The van der Waals surface area contributed by atoms with E-state index in [4.69, 9.17) is 27.2 Å². The summed E-state index contributed by atoms with van der Waals surface area (Å²) in [5.41, 5.74) is 6.41. The number of aliphatic hydroxyl groups excluding tert-OH is 1. The van der Waals surface area contributed by atoms with Gasteiger partial charge in [-0.25, -0.2) is 8.78 Å². The van der Waals surface area contributed by atoms with Crippen molar-refractivity contribution in [3.63, 3.8) is 0 Å². The largest absolute Gasteiger partial charge is 0.489 e. The van der Waals surface area contributed by atoms with Gasteiger partial charge in [-0.1, -0.05) is 38.9 Å². The molecule has 3 N–H and O–H groups in total. The van der Waals surface area contributed by atoms with Crippen LogP contribution in [0.3, 0.4) is 0 Å². The number of hydrogen-bond donors (Lipinski definition) is 2. The van der Waals surface area contributed by atoms with Crippen molar-refractivity contribution < 1.29 is 18.6 Å². The Morgan fingerprint density at radius 1 is 1.19 bits per heavy atom. The lowest BCUT2D eigenvalue weighted by molar-refractivity contribution is 0.202. The molecule has 0 fully saturated rings. The average molecular weight is 477 g/mol. The van der Waals surface area contributed by atoms with Gasteiger partial charge in [-0.3, -0.25) is 0 Å². The predicted octanol–water partition coefficient (Wildman–Crippen LogP) is 4.26. The van der Waals surface area contributed by atoms with Gasteiger partial charge < -0.3 is 15.6 Å². The highest BCUT2D eigenvalue weighted by Crippen LogP contribution is 2.37. The molecular formula is C17H13BrClF2N3O2S. The van der Waals surface area contributed by atoms with E-state index < -0.39 is 17.7 Å². The summed E-state index contributed by atoms with van der Waals surface area (Å²) in [6.45, 7) is -0.336. The van der Waals surface area contributed by atoms with Crippen molar-refractivity contribution in [2.24, 2.45) is 5.73 Å². The molecule has 0 aliphatic rings. The first-order valence-electron chi connectivity index (χ1n) is 7.66. The van der Waals surface area contributed by atoms with Crippen molar-refractivity contribution in [1.82, 2.24) is 10.2 Å². The van der Waals surface area contributed by atoms with Gasteiger partial charge in [-0.2, -0.15) is 0 Å². The van der Waals surface area contributed by atoms with Crippen LogP contribution in [0.4, 0.5) is 8.78 Å². The predicted molar refractivity (Wildman–Crippen MR) is 104 cm³/mol. The molecule has 1 aromatic heterocycles. The lowest BCUT2D eigenvalue weighted by Gasteiger charge is -2.12. The second-order valence-electron chi connectivity index (χ2n) is 5.59. The van der Waals surface area contributed by atoms with E-state index in [0.29, 0.717) is 25.6 Å². The van der Waals surface area contributed by atoms with Gasteiger partial charge in [-0.15, -0.1) is 10.2 Å².